The molecule has 1 fully saturated rings. The monoisotopic (exact) mass is 349 g/mol. The van der Waals surface area contributed by atoms with Crippen molar-refractivity contribution in [3.63, 3.8) is 0 Å². The molecule has 25 heavy (non-hydrogen) atoms. The highest BCUT2D eigenvalue weighted by molar-refractivity contribution is 5.79. The molecule has 2 rings (SSSR count). The molecule has 1 aliphatic rings. The molecule has 0 heterocycles. The summed E-state index contributed by atoms with van der Waals surface area (Å²) in [6.45, 7) is 5.25. The molecule has 0 bridgehead atoms. The number of ether oxygens (including phenoxy) is 3. The minimum atomic E-state index is 0.00697. The van der Waals surface area contributed by atoms with Gasteiger partial charge in [0.1, 0.15) is 17.6 Å². The van der Waals surface area contributed by atoms with Gasteiger partial charge in [-0.05, 0) is 44.2 Å². The third kappa shape index (κ3) is 8.12. The molecule has 140 valence electrons. The molecule has 0 saturated heterocycles. The van der Waals surface area contributed by atoms with Crippen LogP contribution in [-0.2, 0) is 4.74 Å². The minimum Gasteiger partial charge on any atom is -0.497 e. The molecule has 1 saturated carbocycles. The van der Waals surface area contributed by atoms with Crippen LogP contribution in [0.5, 0.6) is 11.5 Å². The number of nitrogens with one attached hydrogen (secondary N) is 2. The van der Waals surface area contributed by atoms with E-state index in [0.717, 1.165) is 49.6 Å². The van der Waals surface area contributed by atoms with E-state index in [-0.39, 0.29) is 6.10 Å². The van der Waals surface area contributed by atoms with Gasteiger partial charge in [-0.25, -0.2) is 0 Å². The first-order valence-corrected chi connectivity index (χ1v) is 9.04. The summed E-state index contributed by atoms with van der Waals surface area (Å²) in [5.74, 6) is 3.19. The van der Waals surface area contributed by atoms with Crippen LogP contribution in [0.1, 0.15) is 26.2 Å². The number of aliphatic imine (C=N–C) groups is 1. The van der Waals surface area contributed by atoms with Gasteiger partial charge in [0.05, 0.1) is 13.7 Å². The highest BCUT2D eigenvalue weighted by Crippen LogP contribution is 2.28. The molecule has 0 aromatic heterocycles. The van der Waals surface area contributed by atoms with E-state index in [9.17, 15) is 0 Å². The standard InChI is InChI=1S/C19H31N3O3/c1-15(25-18-7-4-6-17(12-18)23-3)13-22-19(20-2)21-10-5-11-24-14-16-8-9-16/h4,6-7,12,15-16H,5,8-11,13-14H2,1-3H3,(H2,20,21,22). The second kappa shape index (κ2) is 10.8. The zero-order chi connectivity index (χ0) is 17.9. The van der Waals surface area contributed by atoms with E-state index in [1.807, 2.05) is 31.2 Å². The van der Waals surface area contributed by atoms with Crippen molar-refractivity contribution in [1.29, 1.82) is 0 Å². The van der Waals surface area contributed by atoms with Crippen LogP contribution < -0.4 is 20.1 Å². The molecule has 6 heteroatoms. The lowest BCUT2D eigenvalue weighted by atomic mass is 10.3. The fraction of sp³-hybridized carbons (Fsp3) is 0.632. The van der Waals surface area contributed by atoms with Gasteiger partial charge in [0.15, 0.2) is 5.96 Å². The molecule has 0 radical (unpaired) electrons. The summed E-state index contributed by atoms with van der Waals surface area (Å²) in [5.41, 5.74) is 0. The van der Waals surface area contributed by atoms with Crippen molar-refractivity contribution in [2.45, 2.75) is 32.3 Å². The lowest BCUT2D eigenvalue weighted by Crippen LogP contribution is -2.42. The van der Waals surface area contributed by atoms with Gasteiger partial charge >= 0.3 is 0 Å². The first kappa shape index (κ1) is 19.4. The average molecular weight is 349 g/mol. The Bertz CT molecular complexity index is 532. The maximum atomic E-state index is 5.89. The Labute approximate surface area is 151 Å². The summed E-state index contributed by atoms with van der Waals surface area (Å²) >= 11 is 0. The average Bonchev–Trinajstić information content (AvgIpc) is 3.45. The molecular weight excluding hydrogens is 318 g/mol. The number of nitrogens with zero attached hydrogens (tertiary/aromatic N) is 1. The summed E-state index contributed by atoms with van der Waals surface area (Å²) in [4.78, 5) is 4.23. The van der Waals surface area contributed by atoms with E-state index in [1.54, 1.807) is 14.2 Å². The molecule has 1 aliphatic carbocycles. The van der Waals surface area contributed by atoms with Gasteiger partial charge in [0.25, 0.3) is 0 Å². The third-order valence-corrected chi connectivity index (χ3v) is 3.97. The SMILES string of the molecule is CN=C(NCCCOCC1CC1)NCC(C)Oc1cccc(OC)c1. The molecule has 0 spiro atoms. The molecule has 0 amide bonds. The summed E-state index contributed by atoms with van der Waals surface area (Å²) in [5, 5.41) is 6.57. The number of hydrogen-bond donors (Lipinski definition) is 2. The molecule has 1 aromatic rings. The van der Waals surface area contributed by atoms with Crippen LogP contribution in [0.15, 0.2) is 29.3 Å². The Kier molecular flexibility index (Phi) is 8.39. The zero-order valence-corrected chi connectivity index (χ0v) is 15.6. The van der Waals surface area contributed by atoms with E-state index in [2.05, 4.69) is 15.6 Å². The normalized spacial score (nSPS) is 15.6. The van der Waals surface area contributed by atoms with E-state index in [4.69, 9.17) is 14.2 Å². The van der Waals surface area contributed by atoms with Crippen LogP contribution in [0, 0.1) is 5.92 Å². The van der Waals surface area contributed by atoms with Crippen LogP contribution in [0.2, 0.25) is 0 Å². The molecule has 1 aromatic carbocycles. The Morgan fingerprint density at radius 1 is 1.28 bits per heavy atom. The van der Waals surface area contributed by atoms with E-state index in [0.29, 0.717) is 6.54 Å². The largest absolute Gasteiger partial charge is 0.497 e. The van der Waals surface area contributed by atoms with Crippen molar-refractivity contribution in [2.75, 3.05) is 40.5 Å². The number of benzene rings is 1. The van der Waals surface area contributed by atoms with Crippen LogP contribution in [-0.4, -0.2) is 52.5 Å². The lowest BCUT2D eigenvalue weighted by molar-refractivity contribution is 0.123. The van der Waals surface area contributed by atoms with Gasteiger partial charge in [-0.1, -0.05) is 6.07 Å². The molecule has 6 nitrogen and oxygen atoms in total. The van der Waals surface area contributed by atoms with Crippen LogP contribution in [0.4, 0.5) is 0 Å². The molecule has 1 atom stereocenters. The number of hydrogen-bond acceptors (Lipinski definition) is 4. The fourth-order valence-electron chi connectivity index (χ4n) is 2.33. The second-order valence-corrected chi connectivity index (χ2v) is 6.36. The van der Waals surface area contributed by atoms with Gasteiger partial charge in [-0.3, -0.25) is 4.99 Å². The molecule has 2 N–H and O–H groups in total. The Balaban J connectivity index is 1.58. The third-order valence-electron chi connectivity index (χ3n) is 3.97. The van der Waals surface area contributed by atoms with Crippen LogP contribution >= 0.6 is 0 Å². The van der Waals surface area contributed by atoms with Crippen molar-refractivity contribution in [2.24, 2.45) is 10.9 Å². The predicted molar refractivity (Wildman–Crippen MR) is 101 cm³/mol. The number of guanidine groups is 1. The van der Waals surface area contributed by atoms with Gasteiger partial charge in [-0.2, -0.15) is 0 Å². The maximum Gasteiger partial charge on any atom is 0.191 e. The van der Waals surface area contributed by atoms with Gasteiger partial charge in [0, 0.05) is 32.9 Å². The topological polar surface area (TPSA) is 64.1 Å². The van der Waals surface area contributed by atoms with Gasteiger partial charge in [-0.15, -0.1) is 0 Å². The summed E-state index contributed by atoms with van der Waals surface area (Å²) in [7, 11) is 3.42. The number of rotatable bonds is 11. The van der Waals surface area contributed by atoms with E-state index < -0.39 is 0 Å². The van der Waals surface area contributed by atoms with E-state index in [1.165, 1.54) is 12.8 Å². The highest BCUT2D eigenvalue weighted by Gasteiger charge is 2.20. The minimum absolute atomic E-state index is 0.00697. The van der Waals surface area contributed by atoms with E-state index >= 15 is 0 Å². The van der Waals surface area contributed by atoms with Gasteiger partial charge in [0.2, 0.25) is 0 Å². The Morgan fingerprint density at radius 2 is 2.08 bits per heavy atom. The Hall–Kier alpha value is -1.95. The summed E-state index contributed by atoms with van der Waals surface area (Å²) in [6.07, 6.45) is 3.66. The van der Waals surface area contributed by atoms with Crippen molar-refractivity contribution in [3.8, 4) is 11.5 Å². The maximum absolute atomic E-state index is 5.89. The summed E-state index contributed by atoms with van der Waals surface area (Å²) < 4.78 is 16.7. The predicted octanol–water partition coefficient (Wildman–Crippen LogP) is 2.44. The summed E-state index contributed by atoms with van der Waals surface area (Å²) in [6, 6.07) is 7.62. The molecule has 0 aliphatic heterocycles. The quantitative estimate of drug-likeness (QED) is 0.365. The van der Waals surface area contributed by atoms with Crippen LogP contribution in [0.3, 0.4) is 0 Å². The first-order chi connectivity index (χ1) is 12.2. The highest BCUT2D eigenvalue weighted by atomic mass is 16.5. The number of methoxy groups -OCH3 is 1. The fourth-order valence-corrected chi connectivity index (χ4v) is 2.33. The van der Waals surface area contributed by atoms with Gasteiger partial charge < -0.3 is 24.8 Å². The molecular formula is C19H31N3O3. The van der Waals surface area contributed by atoms with Crippen molar-refractivity contribution in [1.82, 2.24) is 10.6 Å². The second-order valence-electron chi connectivity index (χ2n) is 6.36. The van der Waals surface area contributed by atoms with Crippen molar-refractivity contribution < 1.29 is 14.2 Å². The molecule has 1 unspecified atom stereocenters. The van der Waals surface area contributed by atoms with Crippen molar-refractivity contribution >= 4 is 5.96 Å². The first-order valence-electron chi connectivity index (χ1n) is 9.04. The smallest absolute Gasteiger partial charge is 0.191 e. The van der Waals surface area contributed by atoms with Crippen LogP contribution in [0.25, 0.3) is 0 Å². The zero-order valence-electron chi connectivity index (χ0n) is 15.6. The Morgan fingerprint density at radius 3 is 2.80 bits per heavy atom. The van der Waals surface area contributed by atoms with Crippen molar-refractivity contribution in [3.05, 3.63) is 24.3 Å². The lowest BCUT2D eigenvalue weighted by Gasteiger charge is -2.18.